The standard InChI is InChI=1S/C20H16N4O3/c1-26-18-9-8-13-5-2-3-6-14(13)15(18)12-21-24-20(25)17-11-16(22-23-17)19-7-4-10-27-19/h2-12H,1H3,(H,22,23)(H,24,25). The zero-order chi connectivity index (χ0) is 18.6. The minimum Gasteiger partial charge on any atom is -0.496 e. The molecule has 0 saturated carbocycles. The number of benzene rings is 2. The first-order valence-electron chi connectivity index (χ1n) is 8.24. The Morgan fingerprint density at radius 2 is 2.11 bits per heavy atom. The first-order valence-corrected chi connectivity index (χ1v) is 8.24. The van der Waals surface area contributed by atoms with Crippen LogP contribution in [0.25, 0.3) is 22.2 Å². The molecule has 0 radical (unpaired) electrons. The lowest BCUT2D eigenvalue weighted by Crippen LogP contribution is -2.18. The maximum absolute atomic E-state index is 12.3. The van der Waals surface area contributed by atoms with Gasteiger partial charge in [-0.05, 0) is 29.0 Å². The number of hydrogen-bond acceptors (Lipinski definition) is 5. The summed E-state index contributed by atoms with van der Waals surface area (Å²) < 4.78 is 10.7. The van der Waals surface area contributed by atoms with E-state index in [0.717, 1.165) is 16.3 Å². The van der Waals surface area contributed by atoms with E-state index in [-0.39, 0.29) is 5.69 Å². The minimum atomic E-state index is -0.431. The van der Waals surface area contributed by atoms with E-state index in [1.165, 1.54) is 0 Å². The zero-order valence-electron chi connectivity index (χ0n) is 14.5. The summed E-state index contributed by atoms with van der Waals surface area (Å²) in [5, 5.41) is 12.9. The number of hydrogen-bond donors (Lipinski definition) is 2. The third-order valence-electron chi connectivity index (χ3n) is 4.11. The van der Waals surface area contributed by atoms with Crippen LogP contribution in [0.15, 0.2) is 70.4 Å². The first-order chi connectivity index (χ1) is 13.3. The van der Waals surface area contributed by atoms with Crippen LogP contribution < -0.4 is 10.2 Å². The highest BCUT2D eigenvalue weighted by Gasteiger charge is 2.12. The topological polar surface area (TPSA) is 92.5 Å². The maximum Gasteiger partial charge on any atom is 0.291 e. The van der Waals surface area contributed by atoms with Crippen molar-refractivity contribution in [3.05, 3.63) is 72.1 Å². The Morgan fingerprint density at radius 1 is 1.22 bits per heavy atom. The number of ether oxygens (including phenoxy) is 1. The van der Waals surface area contributed by atoms with Crippen LogP contribution in [-0.2, 0) is 0 Å². The van der Waals surface area contributed by atoms with E-state index >= 15 is 0 Å². The number of rotatable bonds is 5. The molecule has 2 heterocycles. The molecule has 7 nitrogen and oxygen atoms in total. The molecule has 2 aromatic heterocycles. The van der Waals surface area contributed by atoms with Gasteiger partial charge in [0.25, 0.3) is 5.91 Å². The van der Waals surface area contributed by atoms with Crippen LogP contribution in [0, 0.1) is 0 Å². The Labute approximate surface area is 154 Å². The number of hydrazone groups is 1. The summed E-state index contributed by atoms with van der Waals surface area (Å²) in [6.45, 7) is 0. The van der Waals surface area contributed by atoms with Crippen molar-refractivity contribution in [3.8, 4) is 17.2 Å². The average molecular weight is 360 g/mol. The number of H-pyrrole nitrogens is 1. The molecule has 0 bridgehead atoms. The maximum atomic E-state index is 12.3. The number of amides is 1. The van der Waals surface area contributed by atoms with Gasteiger partial charge >= 0.3 is 0 Å². The fourth-order valence-electron chi connectivity index (χ4n) is 2.80. The first kappa shape index (κ1) is 16.6. The number of nitrogens with zero attached hydrogens (tertiary/aromatic N) is 2. The van der Waals surface area contributed by atoms with Gasteiger partial charge in [0.05, 0.1) is 19.6 Å². The summed E-state index contributed by atoms with van der Waals surface area (Å²) in [6, 6.07) is 16.9. The Bertz CT molecular complexity index is 1110. The molecule has 0 aliphatic heterocycles. The normalized spacial score (nSPS) is 11.1. The lowest BCUT2D eigenvalue weighted by molar-refractivity contribution is 0.0950. The van der Waals surface area contributed by atoms with E-state index in [1.54, 1.807) is 37.8 Å². The number of aromatic amines is 1. The van der Waals surface area contributed by atoms with Gasteiger partial charge < -0.3 is 9.15 Å². The molecule has 2 N–H and O–H groups in total. The Kier molecular flexibility index (Phi) is 4.40. The predicted octanol–water partition coefficient (Wildman–Crippen LogP) is 3.60. The summed E-state index contributed by atoms with van der Waals surface area (Å²) >= 11 is 0. The SMILES string of the molecule is COc1ccc2ccccc2c1C=NNC(=O)c1cc(-c2ccco2)[nH]n1. The van der Waals surface area contributed by atoms with Crippen LogP contribution in [-0.4, -0.2) is 29.4 Å². The molecular formula is C20H16N4O3. The van der Waals surface area contributed by atoms with E-state index in [4.69, 9.17) is 9.15 Å². The molecule has 0 aliphatic carbocycles. The highest BCUT2D eigenvalue weighted by molar-refractivity contribution is 6.03. The number of carbonyl (C=O) groups excluding carboxylic acids is 1. The second-order valence-electron chi connectivity index (χ2n) is 5.75. The van der Waals surface area contributed by atoms with Crippen LogP contribution in [0.2, 0.25) is 0 Å². The van der Waals surface area contributed by atoms with Crippen molar-refractivity contribution in [2.75, 3.05) is 7.11 Å². The van der Waals surface area contributed by atoms with Gasteiger partial charge in [-0.3, -0.25) is 9.89 Å². The molecule has 27 heavy (non-hydrogen) atoms. The predicted molar refractivity (Wildman–Crippen MR) is 102 cm³/mol. The van der Waals surface area contributed by atoms with E-state index in [9.17, 15) is 4.79 Å². The van der Waals surface area contributed by atoms with Crippen LogP contribution in [0.5, 0.6) is 5.75 Å². The Morgan fingerprint density at radius 3 is 2.93 bits per heavy atom. The highest BCUT2D eigenvalue weighted by Crippen LogP contribution is 2.26. The van der Waals surface area contributed by atoms with Gasteiger partial charge in [0.1, 0.15) is 11.4 Å². The van der Waals surface area contributed by atoms with Gasteiger partial charge in [0.15, 0.2) is 11.5 Å². The molecule has 1 amide bonds. The Balaban J connectivity index is 1.54. The summed E-state index contributed by atoms with van der Waals surface area (Å²) in [7, 11) is 1.60. The summed E-state index contributed by atoms with van der Waals surface area (Å²) in [4.78, 5) is 12.3. The largest absolute Gasteiger partial charge is 0.496 e. The third-order valence-corrected chi connectivity index (χ3v) is 4.11. The number of methoxy groups -OCH3 is 1. The van der Waals surface area contributed by atoms with E-state index in [0.29, 0.717) is 17.2 Å². The quantitative estimate of drug-likeness (QED) is 0.420. The number of aromatic nitrogens is 2. The molecule has 0 spiro atoms. The average Bonchev–Trinajstić information content (AvgIpc) is 3.39. The molecule has 0 aliphatic rings. The molecule has 134 valence electrons. The van der Waals surface area contributed by atoms with Crippen LogP contribution in [0.4, 0.5) is 0 Å². The fraction of sp³-hybridized carbons (Fsp3) is 0.0500. The van der Waals surface area contributed by atoms with Gasteiger partial charge in [0.2, 0.25) is 0 Å². The number of carbonyl (C=O) groups is 1. The molecule has 4 aromatic rings. The highest BCUT2D eigenvalue weighted by atomic mass is 16.5. The van der Waals surface area contributed by atoms with E-state index in [1.807, 2.05) is 36.4 Å². The zero-order valence-corrected chi connectivity index (χ0v) is 14.5. The van der Waals surface area contributed by atoms with Crippen molar-refractivity contribution in [3.63, 3.8) is 0 Å². The van der Waals surface area contributed by atoms with Gasteiger partial charge in [-0.15, -0.1) is 0 Å². The fourth-order valence-corrected chi connectivity index (χ4v) is 2.80. The molecule has 0 saturated heterocycles. The lowest BCUT2D eigenvalue weighted by atomic mass is 10.0. The van der Waals surface area contributed by atoms with E-state index < -0.39 is 5.91 Å². The number of furan rings is 1. The molecule has 2 aromatic carbocycles. The number of fused-ring (bicyclic) bond motifs is 1. The van der Waals surface area contributed by atoms with Crippen molar-refractivity contribution in [1.82, 2.24) is 15.6 Å². The molecule has 7 heteroatoms. The van der Waals surface area contributed by atoms with Crippen molar-refractivity contribution in [2.24, 2.45) is 5.10 Å². The molecule has 0 atom stereocenters. The monoisotopic (exact) mass is 360 g/mol. The Hall–Kier alpha value is -3.87. The molecular weight excluding hydrogens is 344 g/mol. The van der Waals surface area contributed by atoms with Gasteiger partial charge in [0, 0.05) is 11.6 Å². The summed E-state index contributed by atoms with van der Waals surface area (Å²) in [6.07, 6.45) is 3.12. The van der Waals surface area contributed by atoms with Gasteiger partial charge in [-0.1, -0.05) is 30.3 Å². The summed E-state index contributed by atoms with van der Waals surface area (Å²) in [5.74, 6) is 0.844. The van der Waals surface area contributed by atoms with Gasteiger partial charge in [-0.2, -0.15) is 10.2 Å². The van der Waals surface area contributed by atoms with E-state index in [2.05, 4.69) is 20.7 Å². The van der Waals surface area contributed by atoms with Gasteiger partial charge in [-0.25, -0.2) is 5.43 Å². The summed E-state index contributed by atoms with van der Waals surface area (Å²) in [5.41, 5.74) is 4.10. The molecule has 0 fully saturated rings. The second-order valence-corrected chi connectivity index (χ2v) is 5.75. The smallest absolute Gasteiger partial charge is 0.291 e. The molecule has 4 rings (SSSR count). The van der Waals surface area contributed by atoms with Crippen molar-refractivity contribution >= 4 is 22.9 Å². The minimum absolute atomic E-state index is 0.212. The number of nitrogens with one attached hydrogen (secondary N) is 2. The molecule has 0 unspecified atom stereocenters. The van der Waals surface area contributed by atoms with Crippen LogP contribution >= 0.6 is 0 Å². The van der Waals surface area contributed by atoms with Crippen LogP contribution in [0.1, 0.15) is 16.1 Å². The second kappa shape index (κ2) is 7.17. The van der Waals surface area contributed by atoms with Crippen molar-refractivity contribution in [2.45, 2.75) is 0 Å². The van der Waals surface area contributed by atoms with Crippen molar-refractivity contribution in [1.29, 1.82) is 0 Å². The van der Waals surface area contributed by atoms with Crippen molar-refractivity contribution < 1.29 is 13.9 Å². The lowest BCUT2D eigenvalue weighted by Gasteiger charge is -2.08. The third kappa shape index (κ3) is 3.30. The van der Waals surface area contributed by atoms with Crippen LogP contribution in [0.3, 0.4) is 0 Å².